The number of para-hydroxylation sites is 1. The molecular weight excluding hydrogens is 238 g/mol. The molecule has 2 heterocycles. The Balaban J connectivity index is 1.88. The molecule has 5 nitrogen and oxygen atoms in total. The van der Waals surface area contributed by atoms with Gasteiger partial charge in [-0.15, -0.1) is 0 Å². The van der Waals surface area contributed by atoms with Crippen molar-refractivity contribution in [3.63, 3.8) is 0 Å². The number of anilines is 2. The SMILES string of the molecule is Cc1ncc(-c2ccnc(Nc3ccccc3)n2)[nH]1. The van der Waals surface area contributed by atoms with Gasteiger partial charge in [-0.3, -0.25) is 0 Å². The highest BCUT2D eigenvalue weighted by atomic mass is 15.1. The minimum absolute atomic E-state index is 0.566. The highest BCUT2D eigenvalue weighted by Crippen LogP contribution is 2.17. The Kier molecular flexibility index (Phi) is 2.94. The molecule has 0 amide bonds. The van der Waals surface area contributed by atoms with Crippen LogP contribution in [0.1, 0.15) is 5.82 Å². The topological polar surface area (TPSA) is 66.5 Å². The van der Waals surface area contributed by atoms with Crippen LogP contribution in [0.25, 0.3) is 11.4 Å². The van der Waals surface area contributed by atoms with Crippen LogP contribution in [0.4, 0.5) is 11.6 Å². The monoisotopic (exact) mass is 251 g/mol. The van der Waals surface area contributed by atoms with Crippen LogP contribution in [0.2, 0.25) is 0 Å². The van der Waals surface area contributed by atoms with E-state index in [-0.39, 0.29) is 0 Å². The van der Waals surface area contributed by atoms with Gasteiger partial charge in [-0.1, -0.05) is 18.2 Å². The zero-order valence-electron chi connectivity index (χ0n) is 10.5. The predicted molar refractivity (Wildman–Crippen MR) is 74.1 cm³/mol. The van der Waals surface area contributed by atoms with Crippen LogP contribution in [0, 0.1) is 6.92 Å². The second-order valence-corrected chi connectivity index (χ2v) is 4.14. The minimum atomic E-state index is 0.566. The molecule has 0 aliphatic carbocycles. The molecule has 0 bridgehead atoms. The highest BCUT2D eigenvalue weighted by molar-refractivity contribution is 5.58. The molecule has 1 aromatic carbocycles. The van der Waals surface area contributed by atoms with E-state index in [1.54, 1.807) is 12.4 Å². The lowest BCUT2D eigenvalue weighted by atomic mass is 10.3. The number of aromatic amines is 1. The van der Waals surface area contributed by atoms with Crippen LogP contribution in [0.3, 0.4) is 0 Å². The summed E-state index contributed by atoms with van der Waals surface area (Å²) in [5.74, 6) is 1.43. The summed E-state index contributed by atoms with van der Waals surface area (Å²) >= 11 is 0. The Morgan fingerprint density at radius 3 is 2.63 bits per heavy atom. The van der Waals surface area contributed by atoms with E-state index in [0.29, 0.717) is 5.95 Å². The molecule has 0 saturated heterocycles. The molecule has 2 N–H and O–H groups in total. The van der Waals surface area contributed by atoms with Gasteiger partial charge < -0.3 is 10.3 Å². The van der Waals surface area contributed by atoms with Crippen molar-refractivity contribution in [3.8, 4) is 11.4 Å². The standard InChI is InChI=1S/C14H13N5/c1-10-16-9-13(17-10)12-7-8-15-14(19-12)18-11-5-3-2-4-6-11/h2-9H,1H3,(H,16,17)(H,15,18,19). The maximum absolute atomic E-state index is 4.46. The van der Waals surface area contributed by atoms with Crippen molar-refractivity contribution in [2.45, 2.75) is 6.92 Å². The van der Waals surface area contributed by atoms with Gasteiger partial charge in [-0.05, 0) is 25.1 Å². The number of hydrogen-bond acceptors (Lipinski definition) is 4. The van der Waals surface area contributed by atoms with E-state index in [9.17, 15) is 0 Å². The molecule has 0 aliphatic heterocycles. The van der Waals surface area contributed by atoms with Crippen molar-refractivity contribution >= 4 is 11.6 Å². The third kappa shape index (κ3) is 2.60. The first-order valence-electron chi connectivity index (χ1n) is 5.98. The maximum atomic E-state index is 4.46. The van der Waals surface area contributed by atoms with Crippen molar-refractivity contribution < 1.29 is 0 Å². The Bertz CT molecular complexity index is 675. The Labute approximate surface area is 110 Å². The third-order valence-electron chi connectivity index (χ3n) is 2.66. The number of H-pyrrole nitrogens is 1. The minimum Gasteiger partial charge on any atom is -0.341 e. The average Bonchev–Trinajstić information content (AvgIpc) is 2.87. The molecule has 0 spiro atoms. The van der Waals surface area contributed by atoms with E-state index >= 15 is 0 Å². The first kappa shape index (κ1) is 11.4. The Morgan fingerprint density at radius 2 is 1.89 bits per heavy atom. The zero-order chi connectivity index (χ0) is 13.1. The molecule has 0 aliphatic rings. The molecule has 94 valence electrons. The van der Waals surface area contributed by atoms with Gasteiger partial charge in [0.05, 0.1) is 17.6 Å². The molecule has 0 unspecified atom stereocenters. The van der Waals surface area contributed by atoms with Gasteiger partial charge in [-0.25, -0.2) is 15.0 Å². The third-order valence-corrected chi connectivity index (χ3v) is 2.66. The molecule has 0 saturated carbocycles. The normalized spacial score (nSPS) is 10.4. The fraction of sp³-hybridized carbons (Fsp3) is 0.0714. The van der Waals surface area contributed by atoms with Gasteiger partial charge in [-0.2, -0.15) is 0 Å². The zero-order valence-corrected chi connectivity index (χ0v) is 10.5. The van der Waals surface area contributed by atoms with Crippen molar-refractivity contribution in [1.29, 1.82) is 0 Å². The van der Waals surface area contributed by atoms with Crippen molar-refractivity contribution in [3.05, 3.63) is 54.6 Å². The molecular formula is C14H13N5. The molecule has 19 heavy (non-hydrogen) atoms. The summed E-state index contributed by atoms with van der Waals surface area (Å²) in [6.07, 6.45) is 3.49. The number of aromatic nitrogens is 4. The number of nitrogens with one attached hydrogen (secondary N) is 2. The summed E-state index contributed by atoms with van der Waals surface area (Å²) in [4.78, 5) is 16.0. The van der Waals surface area contributed by atoms with Gasteiger partial charge in [0.25, 0.3) is 0 Å². The van der Waals surface area contributed by atoms with Crippen LogP contribution in [-0.4, -0.2) is 19.9 Å². The molecule has 3 rings (SSSR count). The number of hydrogen-bond donors (Lipinski definition) is 2. The maximum Gasteiger partial charge on any atom is 0.227 e. The van der Waals surface area contributed by atoms with Crippen LogP contribution in [0.15, 0.2) is 48.8 Å². The molecule has 5 heteroatoms. The summed E-state index contributed by atoms with van der Waals surface area (Å²) < 4.78 is 0. The summed E-state index contributed by atoms with van der Waals surface area (Å²) in [6.45, 7) is 1.91. The van der Waals surface area contributed by atoms with E-state index in [0.717, 1.165) is 22.9 Å². The van der Waals surface area contributed by atoms with E-state index in [1.807, 2.05) is 43.3 Å². The molecule has 0 radical (unpaired) electrons. The molecule has 2 aromatic heterocycles. The smallest absolute Gasteiger partial charge is 0.227 e. The fourth-order valence-corrected chi connectivity index (χ4v) is 1.77. The van der Waals surface area contributed by atoms with Gasteiger partial charge in [0.1, 0.15) is 5.82 Å². The number of imidazole rings is 1. The molecule has 0 fully saturated rings. The van der Waals surface area contributed by atoms with Crippen LogP contribution < -0.4 is 5.32 Å². The van der Waals surface area contributed by atoms with Crippen molar-refractivity contribution in [1.82, 2.24) is 19.9 Å². The second-order valence-electron chi connectivity index (χ2n) is 4.14. The van der Waals surface area contributed by atoms with Crippen LogP contribution in [0.5, 0.6) is 0 Å². The van der Waals surface area contributed by atoms with Gasteiger partial charge in [0.15, 0.2) is 0 Å². The number of benzene rings is 1. The number of aryl methyl sites for hydroxylation is 1. The largest absolute Gasteiger partial charge is 0.341 e. The summed E-state index contributed by atoms with van der Waals surface area (Å²) in [6, 6.07) is 11.7. The summed E-state index contributed by atoms with van der Waals surface area (Å²) in [7, 11) is 0. The van der Waals surface area contributed by atoms with Crippen LogP contribution >= 0.6 is 0 Å². The number of rotatable bonds is 3. The van der Waals surface area contributed by atoms with Gasteiger partial charge in [0.2, 0.25) is 5.95 Å². The van der Waals surface area contributed by atoms with Gasteiger partial charge in [0, 0.05) is 11.9 Å². The summed E-state index contributed by atoms with van der Waals surface area (Å²) in [5, 5.41) is 3.16. The second kappa shape index (κ2) is 4.89. The van der Waals surface area contributed by atoms with E-state index in [2.05, 4.69) is 25.3 Å². The first-order valence-corrected chi connectivity index (χ1v) is 5.98. The molecule has 3 aromatic rings. The number of nitrogens with zero attached hydrogens (tertiary/aromatic N) is 3. The average molecular weight is 251 g/mol. The van der Waals surface area contributed by atoms with Crippen LogP contribution in [-0.2, 0) is 0 Å². The Morgan fingerprint density at radius 1 is 1.05 bits per heavy atom. The summed E-state index contributed by atoms with van der Waals surface area (Å²) in [5.41, 5.74) is 2.66. The predicted octanol–water partition coefficient (Wildman–Crippen LogP) is 2.92. The lowest BCUT2D eigenvalue weighted by molar-refractivity contribution is 1.13. The quantitative estimate of drug-likeness (QED) is 0.751. The van der Waals surface area contributed by atoms with E-state index in [4.69, 9.17) is 0 Å². The first-order chi connectivity index (χ1) is 9.31. The van der Waals surface area contributed by atoms with E-state index in [1.165, 1.54) is 0 Å². The van der Waals surface area contributed by atoms with E-state index < -0.39 is 0 Å². The highest BCUT2D eigenvalue weighted by Gasteiger charge is 2.04. The molecule has 0 atom stereocenters. The fourth-order valence-electron chi connectivity index (χ4n) is 1.77. The van der Waals surface area contributed by atoms with Crippen molar-refractivity contribution in [2.24, 2.45) is 0 Å². The van der Waals surface area contributed by atoms with Gasteiger partial charge >= 0.3 is 0 Å². The Hall–Kier alpha value is -2.69. The lowest BCUT2D eigenvalue weighted by Crippen LogP contribution is -1.97. The van der Waals surface area contributed by atoms with Crippen molar-refractivity contribution in [2.75, 3.05) is 5.32 Å². The lowest BCUT2D eigenvalue weighted by Gasteiger charge is -2.05.